The topological polar surface area (TPSA) is 37.4 Å². The normalized spacial score (nSPS) is 17.3. The Kier molecular flexibility index (Phi) is 2.84. The van der Waals surface area contributed by atoms with E-state index in [9.17, 15) is 12.8 Å². The Morgan fingerprint density at radius 1 is 1.44 bits per heavy atom. The first-order valence-corrected chi connectivity index (χ1v) is 7.10. The first-order chi connectivity index (χ1) is 7.38. The maximum Gasteiger partial charge on any atom is 0.153 e. The molecule has 1 aromatic rings. The second-order valence-corrected chi connectivity index (χ2v) is 6.69. The standard InChI is InChI=1S/C10H11ClFNO2S/c1-16(14,15)8-5-13(6-8)7-2-3-9(11)10(12)4-7/h2-4,8H,5-6H2,1H3. The second kappa shape index (κ2) is 3.89. The monoisotopic (exact) mass is 263 g/mol. The predicted octanol–water partition coefficient (Wildman–Crippen LogP) is 1.71. The van der Waals surface area contributed by atoms with Crippen LogP contribution >= 0.6 is 11.6 Å². The molecule has 1 aliphatic rings. The van der Waals surface area contributed by atoms with Crippen molar-refractivity contribution in [1.29, 1.82) is 0 Å². The number of hydrogen-bond acceptors (Lipinski definition) is 3. The lowest BCUT2D eigenvalue weighted by Crippen LogP contribution is -2.54. The molecular weight excluding hydrogens is 253 g/mol. The molecule has 1 fully saturated rings. The van der Waals surface area contributed by atoms with Crippen LogP contribution in [-0.2, 0) is 9.84 Å². The summed E-state index contributed by atoms with van der Waals surface area (Å²) in [4.78, 5) is 1.81. The van der Waals surface area contributed by atoms with Crippen molar-refractivity contribution in [3.05, 3.63) is 29.0 Å². The van der Waals surface area contributed by atoms with Crippen molar-refractivity contribution in [1.82, 2.24) is 0 Å². The molecule has 0 atom stereocenters. The van der Waals surface area contributed by atoms with Gasteiger partial charge in [0, 0.05) is 25.0 Å². The largest absolute Gasteiger partial charge is 0.369 e. The maximum absolute atomic E-state index is 13.2. The SMILES string of the molecule is CS(=O)(=O)C1CN(c2ccc(Cl)c(F)c2)C1. The lowest BCUT2D eigenvalue weighted by molar-refractivity contribution is 0.545. The van der Waals surface area contributed by atoms with Gasteiger partial charge in [0.15, 0.2) is 9.84 Å². The maximum atomic E-state index is 13.2. The Morgan fingerprint density at radius 2 is 2.06 bits per heavy atom. The molecule has 1 aliphatic heterocycles. The number of halogens is 2. The summed E-state index contributed by atoms with van der Waals surface area (Å²) in [6.07, 6.45) is 1.22. The molecule has 0 aromatic heterocycles. The Labute approximate surface area is 98.7 Å². The quantitative estimate of drug-likeness (QED) is 0.815. The lowest BCUT2D eigenvalue weighted by atomic mass is 10.1. The van der Waals surface area contributed by atoms with Crippen LogP contribution in [0.15, 0.2) is 18.2 Å². The van der Waals surface area contributed by atoms with Gasteiger partial charge in [-0.1, -0.05) is 11.6 Å². The zero-order valence-electron chi connectivity index (χ0n) is 8.65. The third-order valence-electron chi connectivity index (χ3n) is 2.72. The molecule has 1 heterocycles. The van der Waals surface area contributed by atoms with Crippen molar-refractivity contribution in [3.63, 3.8) is 0 Å². The third-order valence-corrected chi connectivity index (χ3v) is 4.54. The van der Waals surface area contributed by atoms with Crippen LogP contribution in [0.4, 0.5) is 10.1 Å². The van der Waals surface area contributed by atoms with Gasteiger partial charge in [-0.15, -0.1) is 0 Å². The van der Waals surface area contributed by atoms with E-state index in [1.807, 2.05) is 4.90 Å². The van der Waals surface area contributed by atoms with Gasteiger partial charge in [-0.2, -0.15) is 0 Å². The van der Waals surface area contributed by atoms with Crippen molar-refractivity contribution in [2.75, 3.05) is 24.2 Å². The van der Waals surface area contributed by atoms with Gasteiger partial charge in [0.1, 0.15) is 5.82 Å². The fourth-order valence-corrected chi connectivity index (χ4v) is 2.62. The van der Waals surface area contributed by atoms with Gasteiger partial charge in [0.2, 0.25) is 0 Å². The van der Waals surface area contributed by atoms with Crippen LogP contribution in [0, 0.1) is 5.82 Å². The van der Waals surface area contributed by atoms with Gasteiger partial charge in [-0.25, -0.2) is 12.8 Å². The summed E-state index contributed by atoms with van der Waals surface area (Å²) in [6, 6.07) is 4.48. The van der Waals surface area contributed by atoms with Gasteiger partial charge >= 0.3 is 0 Å². The Bertz CT molecular complexity index is 512. The number of anilines is 1. The molecule has 0 aliphatic carbocycles. The van der Waals surface area contributed by atoms with E-state index in [0.717, 1.165) is 0 Å². The fraction of sp³-hybridized carbons (Fsp3) is 0.400. The summed E-state index contributed by atoms with van der Waals surface area (Å²) >= 11 is 5.56. The van der Waals surface area contributed by atoms with Gasteiger partial charge in [-0.3, -0.25) is 0 Å². The van der Waals surface area contributed by atoms with Crippen molar-refractivity contribution in [2.24, 2.45) is 0 Å². The Morgan fingerprint density at radius 3 is 2.56 bits per heavy atom. The van der Waals surface area contributed by atoms with E-state index < -0.39 is 15.7 Å². The van der Waals surface area contributed by atoms with E-state index >= 15 is 0 Å². The highest BCUT2D eigenvalue weighted by atomic mass is 35.5. The van der Waals surface area contributed by atoms with Crippen LogP contribution in [-0.4, -0.2) is 33.0 Å². The molecule has 2 rings (SSSR count). The van der Waals surface area contributed by atoms with Gasteiger partial charge in [-0.05, 0) is 18.2 Å². The zero-order valence-corrected chi connectivity index (χ0v) is 10.2. The van der Waals surface area contributed by atoms with Crippen LogP contribution in [0.2, 0.25) is 5.02 Å². The minimum atomic E-state index is -2.99. The van der Waals surface area contributed by atoms with Crippen LogP contribution in [0.5, 0.6) is 0 Å². The molecule has 0 radical (unpaired) electrons. The molecule has 88 valence electrons. The lowest BCUT2D eigenvalue weighted by Gasteiger charge is -2.39. The third kappa shape index (κ3) is 2.15. The van der Waals surface area contributed by atoms with E-state index in [4.69, 9.17) is 11.6 Å². The van der Waals surface area contributed by atoms with E-state index in [-0.39, 0.29) is 10.3 Å². The highest BCUT2D eigenvalue weighted by molar-refractivity contribution is 7.91. The van der Waals surface area contributed by atoms with Gasteiger partial charge < -0.3 is 4.90 Å². The number of hydrogen-bond donors (Lipinski definition) is 0. The van der Waals surface area contributed by atoms with Crippen molar-refractivity contribution < 1.29 is 12.8 Å². The van der Waals surface area contributed by atoms with Crippen LogP contribution in [0.1, 0.15) is 0 Å². The van der Waals surface area contributed by atoms with E-state index in [1.165, 1.54) is 18.4 Å². The Balaban J connectivity index is 2.10. The number of nitrogens with zero attached hydrogens (tertiary/aromatic N) is 1. The second-order valence-electron chi connectivity index (χ2n) is 3.95. The summed E-state index contributed by atoms with van der Waals surface area (Å²) in [7, 11) is -2.99. The zero-order chi connectivity index (χ0) is 11.9. The molecule has 0 N–H and O–H groups in total. The summed E-state index contributed by atoms with van der Waals surface area (Å²) in [5, 5.41) is -0.268. The van der Waals surface area contributed by atoms with Crippen LogP contribution in [0.3, 0.4) is 0 Å². The van der Waals surface area contributed by atoms with Crippen LogP contribution in [0.25, 0.3) is 0 Å². The fourth-order valence-electron chi connectivity index (χ4n) is 1.60. The number of rotatable bonds is 2. The van der Waals surface area contributed by atoms with Gasteiger partial charge in [0.05, 0.1) is 10.3 Å². The highest BCUT2D eigenvalue weighted by Gasteiger charge is 2.34. The highest BCUT2D eigenvalue weighted by Crippen LogP contribution is 2.27. The number of sulfone groups is 1. The van der Waals surface area contributed by atoms with Crippen molar-refractivity contribution >= 4 is 27.1 Å². The van der Waals surface area contributed by atoms with Gasteiger partial charge in [0.25, 0.3) is 0 Å². The molecule has 6 heteroatoms. The summed E-state index contributed by atoms with van der Waals surface area (Å²) < 4.78 is 35.5. The first-order valence-electron chi connectivity index (χ1n) is 4.77. The molecule has 3 nitrogen and oxygen atoms in total. The first kappa shape index (κ1) is 11.7. The molecule has 0 amide bonds. The Hall–Kier alpha value is -0.810. The molecule has 1 aromatic carbocycles. The molecule has 0 spiro atoms. The van der Waals surface area contributed by atoms with Crippen molar-refractivity contribution in [3.8, 4) is 0 Å². The molecule has 0 bridgehead atoms. The molecule has 0 unspecified atom stereocenters. The minimum absolute atomic E-state index is 0.0731. The molecule has 0 saturated carbocycles. The van der Waals surface area contributed by atoms with E-state index in [1.54, 1.807) is 6.07 Å². The average molecular weight is 264 g/mol. The number of benzene rings is 1. The van der Waals surface area contributed by atoms with Crippen LogP contribution < -0.4 is 4.90 Å². The predicted molar refractivity (Wildman–Crippen MR) is 62.3 cm³/mol. The van der Waals surface area contributed by atoms with E-state index in [2.05, 4.69) is 0 Å². The summed E-state index contributed by atoms with van der Waals surface area (Å²) in [6.45, 7) is 0.833. The van der Waals surface area contributed by atoms with Crippen molar-refractivity contribution in [2.45, 2.75) is 5.25 Å². The minimum Gasteiger partial charge on any atom is -0.369 e. The molecular formula is C10H11ClFNO2S. The summed E-state index contributed by atoms with van der Waals surface area (Å²) in [5.74, 6) is -0.484. The average Bonchev–Trinajstić information content (AvgIpc) is 2.06. The smallest absolute Gasteiger partial charge is 0.153 e. The van der Waals surface area contributed by atoms with E-state index in [0.29, 0.717) is 18.8 Å². The molecule has 1 saturated heterocycles. The summed E-state index contributed by atoms with van der Waals surface area (Å²) in [5.41, 5.74) is 0.668. The molecule has 16 heavy (non-hydrogen) atoms.